The maximum absolute atomic E-state index is 13.8. The van der Waals surface area contributed by atoms with Crippen molar-refractivity contribution in [1.29, 1.82) is 0 Å². The molecule has 1 aliphatic carbocycles. The lowest BCUT2D eigenvalue weighted by molar-refractivity contribution is -0.252. The standard InChI is InChI=1S/C28H51NO9SSi2/c1-17-13-21(30)29-20(23(31)32)15-39-14-19-22(24(33)36-17)18(2)27(34,37-40(9,10)25(3,4)5)16-28(19,35)38-41(11,12)26(6,7)8/h17-18,20,34-35H,13-16H2,1-12H3,(H,29,30)(H,31,32)/t17-,18?,20+,27?,28?/m1/s1. The highest BCUT2D eigenvalue weighted by atomic mass is 32.2. The van der Waals surface area contributed by atoms with Gasteiger partial charge in [0.25, 0.3) is 0 Å². The van der Waals surface area contributed by atoms with Crippen molar-refractivity contribution in [3.63, 3.8) is 0 Å². The number of carboxylic acids is 1. The highest BCUT2D eigenvalue weighted by Crippen LogP contribution is 2.52. The maximum atomic E-state index is 13.8. The van der Waals surface area contributed by atoms with Gasteiger partial charge in [-0.3, -0.25) is 4.79 Å². The first-order chi connectivity index (χ1) is 18.3. The minimum atomic E-state index is -2.72. The molecule has 1 heterocycles. The van der Waals surface area contributed by atoms with Crippen LogP contribution in [-0.2, 0) is 28.0 Å². The van der Waals surface area contributed by atoms with Gasteiger partial charge in [0.05, 0.1) is 18.4 Å². The van der Waals surface area contributed by atoms with E-state index in [2.05, 4.69) is 5.32 Å². The molecule has 0 spiro atoms. The third-order valence-electron chi connectivity index (χ3n) is 9.03. The molecule has 0 fully saturated rings. The SMILES string of the molecule is CC1C2=C(CSC[C@@H](C(=O)O)NC(=O)C[C@@H](C)OC2=O)C(O)(O[Si](C)(C)C(C)(C)C)CC1(O)O[Si](C)(C)C(C)(C)C. The molecule has 4 N–H and O–H groups in total. The molecule has 5 atom stereocenters. The van der Waals surface area contributed by atoms with E-state index in [-0.39, 0.29) is 45.6 Å². The second kappa shape index (κ2) is 12.0. The molecule has 3 unspecified atom stereocenters. The topological polar surface area (TPSA) is 152 Å². The van der Waals surface area contributed by atoms with E-state index in [1.54, 1.807) is 6.92 Å². The fourth-order valence-electron chi connectivity index (χ4n) is 4.44. The van der Waals surface area contributed by atoms with Crippen LogP contribution in [0.3, 0.4) is 0 Å². The molecule has 236 valence electrons. The fourth-order valence-corrected chi connectivity index (χ4v) is 8.39. The third-order valence-corrected chi connectivity index (χ3v) is 19.0. The van der Waals surface area contributed by atoms with Gasteiger partial charge in [-0.2, -0.15) is 11.8 Å². The number of esters is 1. The number of aliphatic hydroxyl groups is 2. The minimum Gasteiger partial charge on any atom is -0.480 e. The Balaban J connectivity index is 2.80. The van der Waals surface area contributed by atoms with Crippen LogP contribution in [-0.4, -0.2) is 85.0 Å². The fraction of sp³-hybridized carbons (Fsp3) is 0.821. The maximum Gasteiger partial charge on any atom is 0.334 e. The molecule has 2 rings (SSSR count). The van der Waals surface area contributed by atoms with Gasteiger partial charge in [-0.05, 0) is 43.2 Å². The Bertz CT molecular complexity index is 1070. The summed E-state index contributed by atoms with van der Waals surface area (Å²) in [6, 6.07) is -1.17. The van der Waals surface area contributed by atoms with Crippen molar-refractivity contribution in [2.75, 3.05) is 11.5 Å². The summed E-state index contributed by atoms with van der Waals surface area (Å²) in [5.74, 6) is -7.49. The molecule has 0 saturated carbocycles. The Labute approximate surface area is 251 Å². The van der Waals surface area contributed by atoms with Crippen molar-refractivity contribution >= 4 is 46.2 Å². The third kappa shape index (κ3) is 8.04. The van der Waals surface area contributed by atoms with Gasteiger partial charge in [-0.15, -0.1) is 0 Å². The first-order valence-corrected chi connectivity index (χ1v) is 21.1. The average Bonchev–Trinajstić information content (AvgIpc) is 2.72. The average molecular weight is 634 g/mol. The van der Waals surface area contributed by atoms with E-state index in [1.165, 1.54) is 6.92 Å². The number of aliphatic carboxylic acids is 1. The van der Waals surface area contributed by atoms with Gasteiger partial charge < -0.3 is 34.2 Å². The number of amides is 1. The second-order valence-corrected chi connectivity index (χ2v) is 25.0. The first-order valence-electron chi connectivity index (χ1n) is 14.2. The molecule has 1 aliphatic heterocycles. The molecule has 1 amide bonds. The van der Waals surface area contributed by atoms with Crippen LogP contribution in [0.1, 0.15) is 68.2 Å². The number of carbonyl (C=O) groups is 3. The normalized spacial score (nSPS) is 31.4. The van der Waals surface area contributed by atoms with Crippen LogP contribution in [0.4, 0.5) is 0 Å². The largest absolute Gasteiger partial charge is 0.480 e. The number of cyclic esters (lactones) is 1. The van der Waals surface area contributed by atoms with Crippen molar-refractivity contribution in [2.45, 2.75) is 128 Å². The van der Waals surface area contributed by atoms with Crippen LogP contribution in [0.15, 0.2) is 11.1 Å². The number of rotatable bonds is 5. The van der Waals surface area contributed by atoms with Crippen LogP contribution in [0.25, 0.3) is 0 Å². The van der Waals surface area contributed by atoms with Crippen LogP contribution >= 0.6 is 11.8 Å². The lowest BCUT2D eigenvalue weighted by Crippen LogP contribution is -2.63. The summed E-state index contributed by atoms with van der Waals surface area (Å²) in [5, 5.41) is 36.3. The number of nitrogens with one attached hydrogen (secondary N) is 1. The second-order valence-electron chi connectivity index (χ2n) is 14.5. The summed E-state index contributed by atoms with van der Waals surface area (Å²) in [7, 11) is -5.36. The quantitative estimate of drug-likeness (QED) is 0.195. The Morgan fingerprint density at radius 3 is 2.00 bits per heavy atom. The Hall–Kier alpha value is -1.23. The monoisotopic (exact) mass is 633 g/mol. The minimum absolute atomic E-state index is 0.00340. The summed E-state index contributed by atoms with van der Waals surface area (Å²) < 4.78 is 18.9. The number of carbonyl (C=O) groups excluding carboxylic acids is 2. The van der Waals surface area contributed by atoms with E-state index in [4.69, 9.17) is 13.6 Å². The zero-order valence-corrected chi connectivity index (χ0v) is 29.6. The van der Waals surface area contributed by atoms with E-state index >= 15 is 0 Å². The molecular formula is C28H51NO9SSi2. The van der Waals surface area contributed by atoms with E-state index in [9.17, 15) is 29.7 Å². The Kier molecular flexibility index (Phi) is 10.6. The van der Waals surface area contributed by atoms with Gasteiger partial charge in [0.15, 0.2) is 28.2 Å². The van der Waals surface area contributed by atoms with Crippen LogP contribution in [0, 0.1) is 5.92 Å². The molecule has 0 aromatic rings. The number of thioether (sulfide) groups is 1. The van der Waals surface area contributed by atoms with Crippen molar-refractivity contribution in [3.05, 3.63) is 11.1 Å². The smallest absolute Gasteiger partial charge is 0.334 e. The van der Waals surface area contributed by atoms with Gasteiger partial charge in [0.1, 0.15) is 12.1 Å². The van der Waals surface area contributed by atoms with Crippen molar-refractivity contribution < 1.29 is 43.3 Å². The van der Waals surface area contributed by atoms with Crippen LogP contribution in [0.2, 0.25) is 36.3 Å². The summed E-state index contributed by atoms with van der Waals surface area (Å²) in [6.45, 7) is 23.3. The predicted octanol–water partition coefficient (Wildman–Crippen LogP) is 4.38. The summed E-state index contributed by atoms with van der Waals surface area (Å²) in [4.78, 5) is 38.2. The Morgan fingerprint density at radius 1 is 1.00 bits per heavy atom. The van der Waals surface area contributed by atoms with Crippen molar-refractivity contribution in [3.8, 4) is 0 Å². The molecule has 41 heavy (non-hydrogen) atoms. The van der Waals surface area contributed by atoms with Gasteiger partial charge in [0, 0.05) is 23.0 Å². The van der Waals surface area contributed by atoms with Crippen molar-refractivity contribution in [1.82, 2.24) is 5.32 Å². The summed E-state index contributed by atoms with van der Waals surface area (Å²) >= 11 is 1.15. The van der Waals surface area contributed by atoms with E-state index in [0.717, 1.165) is 11.8 Å². The molecule has 0 aromatic carbocycles. The number of ether oxygens (including phenoxy) is 1. The summed E-state index contributed by atoms with van der Waals surface area (Å²) in [6.07, 6.45) is -1.47. The molecule has 10 nitrogen and oxygen atoms in total. The molecule has 0 saturated heterocycles. The lowest BCUT2D eigenvalue weighted by atomic mass is 9.76. The molecular weight excluding hydrogens is 583 g/mol. The summed E-state index contributed by atoms with van der Waals surface area (Å²) in [5.41, 5.74) is 0.266. The van der Waals surface area contributed by atoms with E-state index in [0.29, 0.717) is 0 Å². The zero-order chi connectivity index (χ0) is 32.0. The van der Waals surface area contributed by atoms with Crippen molar-refractivity contribution in [2.24, 2.45) is 5.92 Å². The van der Waals surface area contributed by atoms with Crippen LogP contribution in [0.5, 0.6) is 0 Å². The molecule has 0 bridgehead atoms. The van der Waals surface area contributed by atoms with Crippen LogP contribution < -0.4 is 5.32 Å². The number of hydrogen-bond donors (Lipinski definition) is 4. The lowest BCUT2D eigenvalue weighted by Gasteiger charge is -2.54. The van der Waals surface area contributed by atoms with Gasteiger partial charge in [-0.1, -0.05) is 48.5 Å². The highest BCUT2D eigenvalue weighted by molar-refractivity contribution is 7.99. The van der Waals surface area contributed by atoms with E-state index < -0.39 is 64.1 Å². The zero-order valence-electron chi connectivity index (χ0n) is 26.8. The molecule has 0 radical (unpaired) electrons. The number of carboxylic acid groups (broad SMARTS) is 1. The van der Waals surface area contributed by atoms with E-state index in [1.807, 2.05) is 67.7 Å². The molecule has 0 aromatic heterocycles. The predicted molar refractivity (Wildman–Crippen MR) is 164 cm³/mol. The highest BCUT2D eigenvalue weighted by Gasteiger charge is 2.60. The van der Waals surface area contributed by atoms with Gasteiger partial charge in [-0.25, -0.2) is 9.59 Å². The molecule has 2 aliphatic rings. The number of hydrogen-bond acceptors (Lipinski definition) is 9. The first kappa shape index (κ1) is 36.0. The van der Waals surface area contributed by atoms with Gasteiger partial charge >= 0.3 is 11.9 Å². The Morgan fingerprint density at radius 2 is 1.51 bits per heavy atom. The molecule has 13 heteroatoms. The van der Waals surface area contributed by atoms with Gasteiger partial charge in [0.2, 0.25) is 5.91 Å².